The molecule has 68 valence electrons. The minimum absolute atomic E-state index is 1.14. The molecule has 0 fully saturated rings. The lowest BCUT2D eigenvalue weighted by molar-refractivity contribution is 0.668. The summed E-state index contributed by atoms with van der Waals surface area (Å²) in [6.45, 7) is 4.36. The molecule has 0 radical (unpaired) electrons. The number of aromatic amines is 1. The normalized spacial score (nSPS) is 11.2. The molecular formula is C9H17N2P. The van der Waals surface area contributed by atoms with Crippen LogP contribution in [0.4, 0.5) is 0 Å². The third kappa shape index (κ3) is 2.94. The van der Waals surface area contributed by atoms with E-state index in [-0.39, 0.29) is 0 Å². The van der Waals surface area contributed by atoms with Gasteiger partial charge in [0.15, 0.2) is 0 Å². The van der Waals surface area contributed by atoms with E-state index in [1.807, 2.05) is 0 Å². The van der Waals surface area contributed by atoms with Gasteiger partial charge < -0.3 is 0 Å². The van der Waals surface area contributed by atoms with Gasteiger partial charge in [-0.3, -0.25) is 5.10 Å². The van der Waals surface area contributed by atoms with Crippen molar-refractivity contribution in [3.8, 4) is 0 Å². The van der Waals surface area contributed by atoms with E-state index >= 15 is 0 Å². The SMILES string of the molecule is CCCCCCc1pn[nH]c1C. The molecule has 1 aromatic heterocycles. The molecule has 0 aromatic carbocycles. The molecule has 2 nitrogen and oxygen atoms in total. The number of rotatable bonds is 5. The number of aryl methyl sites for hydroxylation is 2. The Hall–Kier alpha value is -0.360. The topological polar surface area (TPSA) is 28.7 Å². The van der Waals surface area contributed by atoms with Crippen molar-refractivity contribution in [2.45, 2.75) is 46.0 Å². The predicted molar refractivity (Wildman–Crippen MR) is 53.7 cm³/mol. The van der Waals surface area contributed by atoms with Crippen LogP contribution in [0.25, 0.3) is 0 Å². The average molecular weight is 184 g/mol. The fourth-order valence-corrected chi connectivity index (χ4v) is 2.04. The van der Waals surface area contributed by atoms with Crippen LogP contribution in [0, 0.1) is 6.92 Å². The molecule has 1 N–H and O–H groups in total. The molecule has 0 aliphatic rings. The van der Waals surface area contributed by atoms with E-state index in [9.17, 15) is 0 Å². The van der Waals surface area contributed by atoms with Crippen molar-refractivity contribution in [3.05, 3.63) is 11.0 Å². The van der Waals surface area contributed by atoms with Crippen molar-refractivity contribution in [2.75, 3.05) is 0 Å². The van der Waals surface area contributed by atoms with Crippen LogP contribution in [0.3, 0.4) is 0 Å². The van der Waals surface area contributed by atoms with Gasteiger partial charge in [0.1, 0.15) is 0 Å². The van der Waals surface area contributed by atoms with Crippen molar-refractivity contribution >= 4 is 8.35 Å². The van der Waals surface area contributed by atoms with Crippen LogP contribution in [0.5, 0.6) is 0 Å². The summed E-state index contributed by atoms with van der Waals surface area (Å²) in [6.07, 6.45) is 6.60. The Morgan fingerprint density at radius 2 is 2.17 bits per heavy atom. The number of hydrogen-bond acceptors (Lipinski definition) is 1. The van der Waals surface area contributed by atoms with E-state index in [1.165, 1.54) is 43.1 Å². The van der Waals surface area contributed by atoms with Gasteiger partial charge >= 0.3 is 0 Å². The number of hydrogen-bond donors (Lipinski definition) is 1. The van der Waals surface area contributed by atoms with Gasteiger partial charge in [0.25, 0.3) is 0 Å². The maximum Gasteiger partial charge on any atom is 0.0660 e. The van der Waals surface area contributed by atoms with Gasteiger partial charge in [-0.25, -0.2) is 0 Å². The summed E-state index contributed by atoms with van der Waals surface area (Å²) in [6, 6.07) is 0. The summed E-state index contributed by atoms with van der Waals surface area (Å²) >= 11 is 0. The Kier molecular flexibility index (Phi) is 4.31. The molecule has 0 amide bonds. The van der Waals surface area contributed by atoms with E-state index in [1.54, 1.807) is 0 Å². The molecule has 0 saturated carbocycles. The first-order valence-corrected chi connectivity index (χ1v) is 5.56. The zero-order valence-corrected chi connectivity index (χ0v) is 8.82. The third-order valence-corrected chi connectivity index (χ3v) is 3.09. The summed E-state index contributed by atoms with van der Waals surface area (Å²) in [7, 11) is 1.14. The van der Waals surface area contributed by atoms with Gasteiger partial charge in [0, 0.05) is 11.0 Å². The van der Waals surface area contributed by atoms with E-state index in [0.717, 1.165) is 8.35 Å². The van der Waals surface area contributed by atoms with Gasteiger partial charge in [0.05, 0.1) is 8.35 Å². The number of unbranched alkanes of at least 4 members (excludes halogenated alkanes) is 3. The first-order valence-electron chi connectivity index (χ1n) is 4.71. The first-order chi connectivity index (χ1) is 5.84. The van der Waals surface area contributed by atoms with Crippen molar-refractivity contribution < 1.29 is 0 Å². The lowest BCUT2D eigenvalue weighted by Crippen LogP contribution is -1.84. The summed E-state index contributed by atoms with van der Waals surface area (Å²) in [5.41, 5.74) is 1.27. The van der Waals surface area contributed by atoms with Gasteiger partial charge in [-0.15, -0.1) is 0 Å². The average Bonchev–Trinajstić information content (AvgIpc) is 2.46. The fraction of sp³-hybridized carbons (Fsp3) is 0.778. The molecule has 1 heterocycles. The van der Waals surface area contributed by atoms with Crippen LogP contribution in [0.15, 0.2) is 0 Å². The monoisotopic (exact) mass is 184 g/mol. The van der Waals surface area contributed by atoms with Crippen molar-refractivity contribution in [1.82, 2.24) is 9.96 Å². The third-order valence-electron chi connectivity index (χ3n) is 2.09. The Morgan fingerprint density at radius 1 is 1.33 bits per heavy atom. The van der Waals surface area contributed by atoms with Crippen molar-refractivity contribution in [2.24, 2.45) is 0 Å². The van der Waals surface area contributed by atoms with E-state index < -0.39 is 0 Å². The first kappa shape index (κ1) is 9.73. The van der Waals surface area contributed by atoms with Crippen LogP contribution in [-0.2, 0) is 6.42 Å². The molecule has 0 aliphatic carbocycles. The quantitative estimate of drug-likeness (QED) is 0.698. The molecule has 0 spiro atoms. The van der Waals surface area contributed by atoms with Crippen molar-refractivity contribution in [1.29, 1.82) is 0 Å². The zero-order chi connectivity index (χ0) is 8.81. The van der Waals surface area contributed by atoms with Crippen LogP contribution < -0.4 is 0 Å². The number of nitrogens with one attached hydrogen (secondary N) is 1. The second-order valence-electron chi connectivity index (χ2n) is 3.19. The lowest BCUT2D eigenvalue weighted by Gasteiger charge is -1.97. The Labute approximate surface area is 75.9 Å². The number of aromatic nitrogens is 2. The number of nitrogens with zero attached hydrogens (tertiary/aromatic N) is 1. The highest BCUT2D eigenvalue weighted by Gasteiger charge is 1.99. The van der Waals surface area contributed by atoms with Gasteiger partial charge in [0.2, 0.25) is 0 Å². The van der Waals surface area contributed by atoms with E-state index in [2.05, 4.69) is 23.8 Å². The summed E-state index contributed by atoms with van der Waals surface area (Å²) in [4.78, 5) is 4.09. The summed E-state index contributed by atoms with van der Waals surface area (Å²) < 4.78 is 0. The largest absolute Gasteiger partial charge is 0.278 e. The second kappa shape index (κ2) is 5.31. The van der Waals surface area contributed by atoms with E-state index in [4.69, 9.17) is 0 Å². The van der Waals surface area contributed by atoms with Crippen LogP contribution in [-0.4, -0.2) is 9.96 Å². The standard InChI is InChI=1S/C9H17N2P/c1-3-4-5-6-7-9-8(2)10-11-12-9/h3-7H2,1-2H3,(H,10,11). The smallest absolute Gasteiger partial charge is 0.0660 e. The number of H-pyrrole nitrogens is 1. The van der Waals surface area contributed by atoms with Crippen molar-refractivity contribution in [3.63, 3.8) is 0 Å². The molecule has 3 heteroatoms. The highest BCUT2D eigenvalue weighted by atomic mass is 31.0. The predicted octanol–water partition coefficient (Wildman–Crippen LogP) is 3.42. The van der Waals surface area contributed by atoms with E-state index in [0.29, 0.717) is 0 Å². The Morgan fingerprint density at radius 3 is 2.75 bits per heavy atom. The molecule has 0 saturated heterocycles. The molecule has 1 rings (SSSR count). The van der Waals surface area contributed by atoms with Crippen LogP contribution >= 0.6 is 8.35 Å². The second-order valence-corrected chi connectivity index (χ2v) is 4.13. The lowest BCUT2D eigenvalue weighted by atomic mass is 10.1. The maximum atomic E-state index is 4.09. The van der Waals surface area contributed by atoms with Gasteiger partial charge in [-0.05, 0) is 19.8 Å². The Bertz CT molecular complexity index is 220. The highest BCUT2D eigenvalue weighted by molar-refractivity contribution is 7.26. The molecule has 0 aliphatic heterocycles. The molecule has 0 atom stereocenters. The van der Waals surface area contributed by atoms with Crippen LogP contribution in [0.1, 0.15) is 43.6 Å². The Balaban J connectivity index is 2.20. The molecule has 1 aromatic rings. The minimum atomic E-state index is 1.14. The summed E-state index contributed by atoms with van der Waals surface area (Å²) in [5, 5.41) is 4.48. The maximum absolute atomic E-state index is 4.09. The molecule has 12 heavy (non-hydrogen) atoms. The minimum Gasteiger partial charge on any atom is -0.278 e. The molecule has 0 bridgehead atoms. The van der Waals surface area contributed by atoms with Crippen LogP contribution in [0.2, 0.25) is 0 Å². The zero-order valence-electron chi connectivity index (χ0n) is 7.93. The van der Waals surface area contributed by atoms with Gasteiger partial charge in [-0.2, -0.15) is 4.86 Å². The molecular weight excluding hydrogens is 167 g/mol. The fourth-order valence-electron chi connectivity index (χ4n) is 1.26. The molecule has 0 unspecified atom stereocenters. The summed E-state index contributed by atoms with van der Waals surface area (Å²) in [5.74, 6) is 0. The highest BCUT2D eigenvalue weighted by Crippen LogP contribution is 2.17. The van der Waals surface area contributed by atoms with Gasteiger partial charge in [-0.1, -0.05) is 26.2 Å².